The first-order valence-corrected chi connectivity index (χ1v) is 10.8. The minimum Gasteiger partial charge on any atom is -0.363 e. The van der Waals surface area contributed by atoms with Crippen molar-refractivity contribution in [3.63, 3.8) is 0 Å². The van der Waals surface area contributed by atoms with Gasteiger partial charge in [0, 0.05) is 23.6 Å². The summed E-state index contributed by atoms with van der Waals surface area (Å²) in [6.07, 6.45) is 4.41. The SMILES string of the molecule is C[C@@H](NC(=O)c1cc(Nc2ccon2)ncn1)c1cc(-c2nc3nc(C(C)(C)C)ncc3[nH]2)no1. The number of H-pyrrole nitrogens is 1. The number of carbonyl (C=O) groups excluding carboxylic acids is 1. The van der Waals surface area contributed by atoms with Gasteiger partial charge in [-0.15, -0.1) is 0 Å². The molecule has 0 aliphatic carbocycles. The molecular weight excluding hydrogens is 452 g/mol. The van der Waals surface area contributed by atoms with Crippen molar-refractivity contribution >= 4 is 28.7 Å². The van der Waals surface area contributed by atoms with Gasteiger partial charge in [0.25, 0.3) is 5.91 Å². The summed E-state index contributed by atoms with van der Waals surface area (Å²) in [6, 6.07) is 4.35. The standard InChI is InChI=1S/C22H22N10O3/c1-11(26-20(33)13-8-17(25-10-24-13)28-16-5-6-34-32-16)15-7-12(31-35-15)18-27-14-9-23-21(22(2,3)4)30-19(14)29-18/h5-11H,1-4H3,(H,26,33)(H,23,27,29,30)(H,24,25,28,32)/t11-/m1/s1. The molecule has 5 aromatic rings. The molecule has 0 fully saturated rings. The van der Waals surface area contributed by atoms with Crippen LogP contribution in [0.1, 0.15) is 55.8 Å². The van der Waals surface area contributed by atoms with Crippen molar-refractivity contribution in [2.75, 3.05) is 5.32 Å². The Bertz CT molecular complexity index is 1480. The number of carbonyl (C=O) groups is 1. The fourth-order valence-electron chi connectivity index (χ4n) is 3.20. The summed E-state index contributed by atoms with van der Waals surface area (Å²) >= 11 is 0. The lowest BCUT2D eigenvalue weighted by atomic mass is 9.96. The first kappa shape index (κ1) is 22.1. The minimum atomic E-state index is -0.484. The molecule has 13 heteroatoms. The smallest absolute Gasteiger partial charge is 0.270 e. The number of imidazole rings is 1. The van der Waals surface area contributed by atoms with Gasteiger partial charge in [-0.3, -0.25) is 4.79 Å². The minimum absolute atomic E-state index is 0.170. The highest BCUT2D eigenvalue weighted by Crippen LogP contribution is 2.24. The van der Waals surface area contributed by atoms with Crippen molar-refractivity contribution < 1.29 is 13.8 Å². The molecule has 35 heavy (non-hydrogen) atoms. The third kappa shape index (κ3) is 4.69. The van der Waals surface area contributed by atoms with Crippen LogP contribution in [-0.4, -0.2) is 46.1 Å². The van der Waals surface area contributed by atoms with E-state index in [1.54, 1.807) is 25.3 Å². The van der Waals surface area contributed by atoms with E-state index in [2.05, 4.69) is 50.9 Å². The Hall–Kier alpha value is -4.68. The Labute approximate surface area is 198 Å². The van der Waals surface area contributed by atoms with Crippen LogP contribution in [-0.2, 0) is 5.41 Å². The van der Waals surface area contributed by atoms with Gasteiger partial charge in [-0.05, 0) is 6.92 Å². The summed E-state index contributed by atoms with van der Waals surface area (Å²) in [6.45, 7) is 7.89. The highest BCUT2D eigenvalue weighted by atomic mass is 16.5. The van der Waals surface area contributed by atoms with Gasteiger partial charge >= 0.3 is 0 Å². The number of nitrogens with zero attached hydrogens (tertiary/aromatic N) is 7. The van der Waals surface area contributed by atoms with E-state index in [1.807, 2.05) is 20.8 Å². The zero-order valence-electron chi connectivity index (χ0n) is 19.4. The number of nitrogens with one attached hydrogen (secondary N) is 3. The van der Waals surface area contributed by atoms with Gasteiger partial charge in [0.05, 0.1) is 12.2 Å². The number of hydrogen-bond donors (Lipinski definition) is 3. The highest BCUT2D eigenvalue weighted by molar-refractivity contribution is 5.93. The van der Waals surface area contributed by atoms with E-state index < -0.39 is 11.9 Å². The van der Waals surface area contributed by atoms with Crippen LogP contribution in [0, 0.1) is 0 Å². The average Bonchev–Trinajstić information content (AvgIpc) is 3.58. The summed E-state index contributed by atoms with van der Waals surface area (Å²) < 4.78 is 10.2. The van der Waals surface area contributed by atoms with Crippen LogP contribution >= 0.6 is 0 Å². The molecule has 0 saturated carbocycles. The zero-order chi connectivity index (χ0) is 24.6. The summed E-state index contributed by atoms with van der Waals surface area (Å²) in [5.41, 5.74) is 1.70. The number of amides is 1. The maximum absolute atomic E-state index is 12.7. The number of hydrogen-bond acceptors (Lipinski definition) is 11. The normalized spacial score (nSPS) is 12.6. The monoisotopic (exact) mass is 474 g/mol. The molecule has 5 rings (SSSR count). The third-order valence-electron chi connectivity index (χ3n) is 5.05. The van der Waals surface area contributed by atoms with Gasteiger partial charge in [0.15, 0.2) is 23.0 Å². The molecule has 13 nitrogen and oxygen atoms in total. The quantitative estimate of drug-likeness (QED) is 0.329. The topological polar surface area (TPSA) is 173 Å². The predicted octanol–water partition coefficient (Wildman–Crippen LogP) is 3.32. The second kappa shape index (κ2) is 8.59. The molecule has 5 heterocycles. The van der Waals surface area contributed by atoms with E-state index in [9.17, 15) is 4.79 Å². The van der Waals surface area contributed by atoms with E-state index in [4.69, 9.17) is 9.05 Å². The van der Waals surface area contributed by atoms with Gasteiger partial charge in [-0.2, -0.15) is 0 Å². The molecule has 3 N–H and O–H groups in total. The Balaban J connectivity index is 1.29. The van der Waals surface area contributed by atoms with Crippen LogP contribution in [0.4, 0.5) is 11.6 Å². The average molecular weight is 474 g/mol. The zero-order valence-corrected chi connectivity index (χ0v) is 19.4. The number of rotatable bonds is 6. The third-order valence-corrected chi connectivity index (χ3v) is 5.05. The molecule has 0 aliphatic heterocycles. The molecule has 0 radical (unpaired) electrons. The highest BCUT2D eigenvalue weighted by Gasteiger charge is 2.21. The summed E-state index contributed by atoms with van der Waals surface area (Å²) in [5.74, 6) is 2.10. The second-order valence-electron chi connectivity index (χ2n) is 8.87. The van der Waals surface area contributed by atoms with Gasteiger partial charge < -0.3 is 24.7 Å². The van der Waals surface area contributed by atoms with Crippen molar-refractivity contribution in [2.45, 2.75) is 39.2 Å². The first-order chi connectivity index (χ1) is 16.8. The summed E-state index contributed by atoms with van der Waals surface area (Å²) in [7, 11) is 0. The molecule has 1 amide bonds. The van der Waals surface area contributed by atoms with Crippen molar-refractivity contribution in [1.82, 2.24) is 45.5 Å². The molecule has 0 saturated heterocycles. The second-order valence-corrected chi connectivity index (χ2v) is 8.87. The molecule has 5 aromatic heterocycles. The lowest BCUT2D eigenvalue weighted by molar-refractivity contribution is 0.0928. The summed E-state index contributed by atoms with van der Waals surface area (Å²) in [5, 5.41) is 13.6. The van der Waals surface area contributed by atoms with Gasteiger partial charge in [0.1, 0.15) is 41.1 Å². The van der Waals surface area contributed by atoms with Gasteiger partial charge in [-0.1, -0.05) is 31.1 Å². The largest absolute Gasteiger partial charge is 0.363 e. The van der Waals surface area contributed by atoms with Gasteiger partial charge in [-0.25, -0.2) is 24.9 Å². The van der Waals surface area contributed by atoms with Crippen molar-refractivity contribution in [3.8, 4) is 11.5 Å². The lowest BCUT2D eigenvalue weighted by Gasteiger charge is -2.15. The van der Waals surface area contributed by atoms with Crippen LogP contribution in [0.2, 0.25) is 0 Å². The Morgan fingerprint density at radius 2 is 1.94 bits per heavy atom. The van der Waals surface area contributed by atoms with Crippen LogP contribution < -0.4 is 10.6 Å². The Morgan fingerprint density at radius 3 is 2.71 bits per heavy atom. The fourth-order valence-corrected chi connectivity index (χ4v) is 3.20. The number of fused-ring (bicyclic) bond motifs is 1. The van der Waals surface area contributed by atoms with Crippen LogP contribution in [0.25, 0.3) is 22.7 Å². The lowest BCUT2D eigenvalue weighted by Crippen LogP contribution is -2.27. The number of aromatic nitrogens is 8. The van der Waals surface area contributed by atoms with E-state index in [-0.39, 0.29) is 11.1 Å². The van der Waals surface area contributed by atoms with E-state index >= 15 is 0 Å². The number of anilines is 2. The summed E-state index contributed by atoms with van der Waals surface area (Å²) in [4.78, 5) is 37.5. The van der Waals surface area contributed by atoms with Gasteiger partial charge in [0.2, 0.25) is 0 Å². The van der Waals surface area contributed by atoms with E-state index in [0.29, 0.717) is 45.9 Å². The first-order valence-electron chi connectivity index (χ1n) is 10.8. The van der Waals surface area contributed by atoms with E-state index in [1.165, 1.54) is 18.7 Å². The predicted molar refractivity (Wildman–Crippen MR) is 124 cm³/mol. The van der Waals surface area contributed by atoms with Crippen LogP contribution in [0.5, 0.6) is 0 Å². The molecule has 0 bridgehead atoms. The Morgan fingerprint density at radius 1 is 1.09 bits per heavy atom. The van der Waals surface area contributed by atoms with Crippen LogP contribution in [0.15, 0.2) is 46.0 Å². The van der Waals surface area contributed by atoms with Crippen molar-refractivity contribution in [2.24, 2.45) is 0 Å². The number of aromatic amines is 1. The molecule has 1 atom stereocenters. The van der Waals surface area contributed by atoms with Crippen molar-refractivity contribution in [3.05, 3.63) is 54.3 Å². The molecule has 178 valence electrons. The Kier molecular flexibility index (Phi) is 5.43. The maximum atomic E-state index is 12.7. The molecule has 0 spiro atoms. The molecular formula is C22H22N10O3. The maximum Gasteiger partial charge on any atom is 0.270 e. The molecule has 0 aromatic carbocycles. The van der Waals surface area contributed by atoms with E-state index in [0.717, 1.165) is 0 Å². The fraction of sp³-hybridized carbons (Fsp3) is 0.273. The van der Waals surface area contributed by atoms with Crippen LogP contribution in [0.3, 0.4) is 0 Å². The molecule has 0 unspecified atom stereocenters. The molecule has 0 aliphatic rings. The van der Waals surface area contributed by atoms with Crippen molar-refractivity contribution in [1.29, 1.82) is 0 Å².